The van der Waals surface area contributed by atoms with Gasteiger partial charge in [0.15, 0.2) is 17.5 Å². The van der Waals surface area contributed by atoms with Crippen molar-refractivity contribution in [2.45, 2.75) is 18.6 Å². The summed E-state index contributed by atoms with van der Waals surface area (Å²) >= 11 is 0. The molecule has 5 heteroatoms. The molecule has 2 atom stereocenters. The lowest BCUT2D eigenvalue weighted by molar-refractivity contribution is 0.124. The zero-order valence-electron chi connectivity index (χ0n) is 11.1. The van der Waals surface area contributed by atoms with Gasteiger partial charge in [-0.2, -0.15) is 0 Å². The summed E-state index contributed by atoms with van der Waals surface area (Å²) in [5, 5.41) is 13.6. The van der Waals surface area contributed by atoms with Crippen LogP contribution < -0.4 is 5.32 Å². The Morgan fingerprint density at radius 2 is 1.76 bits per heavy atom. The molecule has 0 aromatic heterocycles. The lowest BCUT2D eigenvalue weighted by atomic mass is 9.88. The summed E-state index contributed by atoms with van der Waals surface area (Å²) in [6.45, 7) is 0.658. The van der Waals surface area contributed by atoms with E-state index in [1.165, 1.54) is 0 Å². The first-order valence-electron chi connectivity index (χ1n) is 6.71. The van der Waals surface area contributed by atoms with E-state index in [1.54, 1.807) is 0 Å². The van der Waals surface area contributed by atoms with E-state index < -0.39 is 29.6 Å². The van der Waals surface area contributed by atoms with Crippen LogP contribution in [0.1, 0.15) is 28.8 Å². The fourth-order valence-electron chi connectivity index (χ4n) is 2.76. The van der Waals surface area contributed by atoms with Gasteiger partial charge in [-0.05, 0) is 41.8 Å². The lowest BCUT2D eigenvalue weighted by Gasteiger charge is -2.31. The molecule has 0 saturated heterocycles. The van der Waals surface area contributed by atoms with Gasteiger partial charge in [-0.25, -0.2) is 13.2 Å². The van der Waals surface area contributed by atoms with Crippen molar-refractivity contribution in [3.63, 3.8) is 0 Å². The summed E-state index contributed by atoms with van der Waals surface area (Å²) in [7, 11) is 0. The van der Waals surface area contributed by atoms with Gasteiger partial charge in [-0.15, -0.1) is 0 Å². The highest BCUT2D eigenvalue weighted by atomic mass is 19.2. The molecule has 2 unspecified atom stereocenters. The molecule has 0 saturated carbocycles. The van der Waals surface area contributed by atoms with E-state index >= 15 is 0 Å². The number of benzene rings is 2. The zero-order valence-corrected chi connectivity index (χ0v) is 11.1. The maximum absolute atomic E-state index is 13.3. The Bertz CT molecular complexity index is 651. The van der Waals surface area contributed by atoms with Crippen LogP contribution >= 0.6 is 0 Å². The summed E-state index contributed by atoms with van der Waals surface area (Å²) in [5.41, 5.74) is 1.99. The molecular weight excluding hydrogens is 279 g/mol. The minimum atomic E-state index is -1.53. The molecule has 0 amide bonds. The lowest BCUT2D eigenvalue weighted by Crippen LogP contribution is -2.34. The van der Waals surface area contributed by atoms with Crippen LogP contribution in [0.4, 0.5) is 13.2 Å². The van der Waals surface area contributed by atoms with Gasteiger partial charge in [0.25, 0.3) is 0 Å². The second-order valence-corrected chi connectivity index (χ2v) is 5.12. The van der Waals surface area contributed by atoms with Gasteiger partial charge in [-0.3, -0.25) is 0 Å². The summed E-state index contributed by atoms with van der Waals surface area (Å²) in [6, 6.07) is 8.78. The SMILES string of the molecule is OC(c1cc(F)c(F)c(F)c1)C1NCCc2ccccc21. The summed E-state index contributed by atoms with van der Waals surface area (Å²) in [4.78, 5) is 0. The molecule has 1 aliphatic heterocycles. The van der Waals surface area contributed by atoms with Crippen LogP contribution in [0.3, 0.4) is 0 Å². The minimum absolute atomic E-state index is 0.0144. The van der Waals surface area contributed by atoms with Crippen LogP contribution in [0.25, 0.3) is 0 Å². The fraction of sp³-hybridized carbons (Fsp3) is 0.250. The Balaban J connectivity index is 1.98. The van der Waals surface area contributed by atoms with E-state index in [9.17, 15) is 18.3 Å². The highest BCUT2D eigenvalue weighted by Gasteiger charge is 2.28. The van der Waals surface area contributed by atoms with Gasteiger partial charge in [0.05, 0.1) is 12.1 Å². The zero-order chi connectivity index (χ0) is 15.0. The Labute approximate surface area is 120 Å². The number of aliphatic hydroxyl groups is 1. The van der Waals surface area contributed by atoms with E-state index in [0.29, 0.717) is 6.54 Å². The standard InChI is InChI=1S/C16H14F3NO/c17-12-7-10(8-13(18)14(12)19)16(21)15-11-4-2-1-3-9(11)5-6-20-15/h1-4,7-8,15-16,20-21H,5-6H2. The summed E-state index contributed by atoms with van der Waals surface area (Å²) in [6.07, 6.45) is -0.332. The van der Waals surface area contributed by atoms with Gasteiger partial charge in [0.2, 0.25) is 0 Å². The van der Waals surface area contributed by atoms with Crippen LogP contribution in [-0.2, 0) is 6.42 Å². The molecule has 2 N–H and O–H groups in total. The third kappa shape index (κ3) is 2.54. The third-order valence-electron chi connectivity index (χ3n) is 3.81. The van der Waals surface area contributed by atoms with E-state index in [2.05, 4.69) is 5.32 Å². The van der Waals surface area contributed by atoms with Crippen molar-refractivity contribution in [2.24, 2.45) is 0 Å². The maximum Gasteiger partial charge on any atom is 0.194 e. The molecule has 2 aromatic carbocycles. The van der Waals surface area contributed by atoms with Gasteiger partial charge in [0, 0.05) is 0 Å². The highest BCUT2D eigenvalue weighted by Crippen LogP contribution is 2.34. The normalized spacial score (nSPS) is 19.1. The molecule has 2 aromatic rings. The summed E-state index contributed by atoms with van der Waals surface area (Å²) < 4.78 is 39.6. The first-order valence-corrected chi connectivity index (χ1v) is 6.71. The van der Waals surface area contributed by atoms with E-state index in [1.807, 2.05) is 24.3 Å². The smallest absolute Gasteiger partial charge is 0.194 e. The number of aliphatic hydroxyl groups excluding tert-OH is 1. The predicted molar refractivity (Wildman–Crippen MR) is 72.2 cm³/mol. The Morgan fingerprint density at radius 1 is 1.10 bits per heavy atom. The molecule has 3 rings (SSSR count). The molecule has 0 aliphatic carbocycles. The largest absolute Gasteiger partial charge is 0.386 e. The van der Waals surface area contributed by atoms with Crippen LogP contribution in [-0.4, -0.2) is 11.7 Å². The average molecular weight is 293 g/mol. The van der Waals surface area contributed by atoms with Crippen molar-refractivity contribution in [1.82, 2.24) is 5.32 Å². The van der Waals surface area contributed by atoms with Crippen molar-refractivity contribution < 1.29 is 18.3 Å². The molecule has 110 valence electrons. The van der Waals surface area contributed by atoms with Gasteiger partial charge >= 0.3 is 0 Å². The number of hydrogen-bond acceptors (Lipinski definition) is 2. The van der Waals surface area contributed by atoms with E-state index in [-0.39, 0.29) is 5.56 Å². The Hall–Kier alpha value is -1.85. The molecule has 0 fully saturated rings. The fourth-order valence-corrected chi connectivity index (χ4v) is 2.76. The summed E-state index contributed by atoms with van der Waals surface area (Å²) in [5.74, 6) is -4.12. The van der Waals surface area contributed by atoms with Gasteiger partial charge < -0.3 is 10.4 Å². The Morgan fingerprint density at radius 3 is 2.48 bits per heavy atom. The molecule has 1 aliphatic rings. The molecule has 1 heterocycles. The third-order valence-corrected chi connectivity index (χ3v) is 3.81. The van der Waals surface area contributed by atoms with Gasteiger partial charge in [0.1, 0.15) is 0 Å². The molecule has 2 nitrogen and oxygen atoms in total. The number of fused-ring (bicyclic) bond motifs is 1. The van der Waals surface area contributed by atoms with E-state index in [0.717, 1.165) is 29.7 Å². The van der Waals surface area contributed by atoms with Crippen molar-refractivity contribution in [2.75, 3.05) is 6.54 Å². The second-order valence-electron chi connectivity index (χ2n) is 5.12. The Kier molecular flexibility index (Phi) is 3.69. The second kappa shape index (κ2) is 5.50. The topological polar surface area (TPSA) is 32.3 Å². The molecule has 0 radical (unpaired) electrons. The molecule has 0 spiro atoms. The minimum Gasteiger partial charge on any atom is -0.386 e. The van der Waals surface area contributed by atoms with Crippen molar-refractivity contribution in [3.8, 4) is 0 Å². The van der Waals surface area contributed by atoms with Gasteiger partial charge in [-0.1, -0.05) is 24.3 Å². The highest BCUT2D eigenvalue weighted by molar-refractivity contribution is 5.35. The van der Waals surface area contributed by atoms with Crippen molar-refractivity contribution >= 4 is 0 Å². The van der Waals surface area contributed by atoms with E-state index in [4.69, 9.17) is 0 Å². The number of rotatable bonds is 2. The van der Waals surface area contributed by atoms with Crippen LogP contribution in [0, 0.1) is 17.5 Å². The maximum atomic E-state index is 13.3. The quantitative estimate of drug-likeness (QED) is 0.834. The van der Waals surface area contributed by atoms with Crippen LogP contribution in [0.2, 0.25) is 0 Å². The van der Waals surface area contributed by atoms with Crippen LogP contribution in [0.5, 0.6) is 0 Å². The average Bonchev–Trinajstić information content (AvgIpc) is 2.51. The first kappa shape index (κ1) is 14.1. The number of nitrogens with one attached hydrogen (secondary N) is 1. The number of hydrogen-bond donors (Lipinski definition) is 2. The van der Waals surface area contributed by atoms with Crippen LogP contribution in [0.15, 0.2) is 36.4 Å². The molecule has 0 bridgehead atoms. The number of halogens is 3. The first-order chi connectivity index (χ1) is 10.1. The molecular formula is C16H14F3NO. The molecule has 21 heavy (non-hydrogen) atoms. The monoisotopic (exact) mass is 293 g/mol. The predicted octanol–water partition coefficient (Wildman–Crippen LogP) is 3.02. The van der Waals surface area contributed by atoms with Crippen molar-refractivity contribution in [3.05, 3.63) is 70.5 Å². The van der Waals surface area contributed by atoms with Crippen molar-refractivity contribution in [1.29, 1.82) is 0 Å².